The normalized spacial score (nSPS) is 19.2. The molecule has 25 heavy (non-hydrogen) atoms. The van der Waals surface area contributed by atoms with Gasteiger partial charge in [0.2, 0.25) is 5.91 Å². The molecule has 1 N–H and O–H groups in total. The maximum Gasteiger partial charge on any atom is 0.224 e. The van der Waals surface area contributed by atoms with Crippen LogP contribution < -0.4 is 10.2 Å². The number of hydrogen-bond donors (Lipinski definition) is 1. The highest BCUT2D eigenvalue weighted by molar-refractivity contribution is 5.83. The first kappa shape index (κ1) is 17.1. The summed E-state index contributed by atoms with van der Waals surface area (Å²) in [6.07, 6.45) is 2.93. The molecule has 0 unspecified atom stereocenters. The number of nitrogens with one attached hydrogen (secondary N) is 1. The summed E-state index contributed by atoms with van der Waals surface area (Å²) >= 11 is 0. The lowest BCUT2D eigenvalue weighted by Crippen LogP contribution is -2.46. The van der Waals surface area contributed by atoms with Crippen LogP contribution in [0.5, 0.6) is 0 Å². The van der Waals surface area contributed by atoms with Gasteiger partial charge in [-0.3, -0.25) is 9.79 Å². The van der Waals surface area contributed by atoms with Crippen molar-refractivity contribution in [3.8, 4) is 0 Å². The molecule has 0 spiro atoms. The van der Waals surface area contributed by atoms with E-state index in [-0.39, 0.29) is 17.3 Å². The number of hydrogen-bond acceptors (Lipinski definition) is 3. The van der Waals surface area contributed by atoms with E-state index in [0.717, 1.165) is 17.7 Å². The van der Waals surface area contributed by atoms with E-state index in [1.54, 1.807) is 18.5 Å². The van der Waals surface area contributed by atoms with E-state index in [9.17, 15) is 9.18 Å². The minimum Gasteiger partial charge on any atom is -0.356 e. The van der Waals surface area contributed by atoms with E-state index in [4.69, 9.17) is 0 Å². The van der Waals surface area contributed by atoms with Crippen LogP contribution in [0.1, 0.15) is 18.9 Å². The van der Waals surface area contributed by atoms with Gasteiger partial charge in [-0.15, -0.1) is 0 Å². The minimum absolute atomic E-state index is 0.0158. The van der Waals surface area contributed by atoms with Gasteiger partial charge in [-0.25, -0.2) is 4.39 Å². The highest BCUT2D eigenvalue weighted by Gasteiger charge is 2.34. The van der Waals surface area contributed by atoms with Crippen molar-refractivity contribution in [2.45, 2.75) is 25.3 Å². The summed E-state index contributed by atoms with van der Waals surface area (Å²) in [6, 6.07) is 16.1. The molecule has 0 bridgehead atoms. The molecule has 1 aliphatic heterocycles. The second-order valence-corrected chi connectivity index (χ2v) is 6.56. The first-order chi connectivity index (χ1) is 12.1. The van der Waals surface area contributed by atoms with Crippen molar-refractivity contribution in [1.82, 2.24) is 5.32 Å². The Hall–Kier alpha value is -2.69. The van der Waals surface area contributed by atoms with Crippen LogP contribution in [0.25, 0.3) is 0 Å². The molecule has 0 saturated heterocycles. The summed E-state index contributed by atoms with van der Waals surface area (Å²) in [5.74, 6) is -0.239. The van der Waals surface area contributed by atoms with E-state index < -0.39 is 0 Å². The molecule has 0 saturated carbocycles. The van der Waals surface area contributed by atoms with Gasteiger partial charge in [-0.1, -0.05) is 30.3 Å². The first-order valence-corrected chi connectivity index (χ1v) is 8.42. The highest BCUT2D eigenvalue weighted by atomic mass is 19.1. The number of benzene rings is 2. The third kappa shape index (κ3) is 4.24. The van der Waals surface area contributed by atoms with Crippen LogP contribution in [0, 0.1) is 5.82 Å². The zero-order valence-corrected chi connectivity index (χ0v) is 14.3. The lowest BCUT2D eigenvalue weighted by molar-refractivity contribution is -0.120. The number of halogens is 1. The fourth-order valence-electron chi connectivity index (χ4n) is 3.03. The molecule has 130 valence electrons. The molecular weight excluding hydrogens is 317 g/mol. The largest absolute Gasteiger partial charge is 0.356 e. The van der Waals surface area contributed by atoms with Crippen LogP contribution in [-0.4, -0.2) is 30.9 Å². The molecule has 1 aliphatic rings. The molecular formula is C20H22FN3O. The van der Waals surface area contributed by atoms with Crippen LogP contribution in [0.3, 0.4) is 0 Å². The quantitative estimate of drug-likeness (QED) is 0.878. The van der Waals surface area contributed by atoms with Crippen LogP contribution >= 0.6 is 0 Å². The van der Waals surface area contributed by atoms with E-state index >= 15 is 0 Å². The summed E-state index contributed by atoms with van der Waals surface area (Å²) in [5.41, 5.74) is 1.68. The zero-order chi connectivity index (χ0) is 17.7. The monoisotopic (exact) mass is 339 g/mol. The Morgan fingerprint density at radius 2 is 1.92 bits per heavy atom. The second kappa shape index (κ2) is 7.47. The van der Waals surface area contributed by atoms with E-state index in [1.165, 1.54) is 12.1 Å². The number of carbonyl (C=O) groups is 1. The topological polar surface area (TPSA) is 44.7 Å². The van der Waals surface area contributed by atoms with Crippen molar-refractivity contribution in [3.63, 3.8) is 0 Å². The van der Waals surface area contributed by atoms with Gasteiger partial charge in [-0.2, -0.15) is 0 Å². The summed E-state index contributed by atoms with van der Waals surface area (Å²) in [6.45, 7) is 3.33. The predicted octanol–water partition coefficient (Wildman–Crippen LogP) is 3.18. The van der Waals surface area contributed by atoms with Crippen LogP contribution in [-0.2, 0) is 11.2 Å². The van der Waals surface area contributed by atoms with E-state index in [0.29, 0.717) is 19.5 Å². The van der Waals surface area contributed by atoms with Crippen molar-refractivity contribution in [1.29, 1.82) is 0 Å². The summed E-state index contributed by atoms with van der Waals surface area (Å²) < 4.78 is 13.1. The molecule has 0 aliphatic carbocycles. The summed E-state index contributed by atoms with van der Waals surface area (Å²) in [7, 11) is 0. The third-order valence-electron chi connectivity index (χ3n) is 4.51. The molecule has 1 amide bonds. The summed E-state index contributed by atoms with van der Waals surface area (Å²) in [4.78, 5) is 18.5. The van der Waals surface area contributed by atoms with E-state index in [2.05, 4.69) is 22.1 Å². The lowest BCUT2D eigenvalue weighted by Gasteiger charge is -2.35. The van der Waals surface area contributed by atoms with Gasteiger partial charge in [0.25, 0.3) is 0 Å². The van der Waals surface area contributed by atoms with Crippen molar-refractivity contribution in [2.75, 3.05) is 18.0 Å². The Bertz CT molecular complexity index is 745. The number of carbonyl (C=O) groups excluding carboxylic acids is 1. The molecule has 1 atom stereocenters. The number of nitrogens with zero attached hydrogens (tertiary/aromatic N) is 2. The van der Waals surface area contributed by atoms with Gasteiger partial charge in [-0.05, 0) is 43.2 Å². The Kier molecular flexibility index (Phi) is 5.12. The Balaban J connectivity index is 1.54. The fourth-order valence-corrected chi connectivity index (χ4v) is 3.03. The number of rotatable bonds is 6. The molecule has 0 aromatic heterocycles. The number of anilines is 1. The number of aliphatic imine (C=N–C) groups is 1. The van der Waals surface area contributed by atoms with Crippen LogP contribution in [0.2, 0.25) is 0 Å². The lowest BCUT2D eigenvalue weighted by atomic mass is 9.96. The van der Waals surface area contributed by atoms with E-state index in [1.807, 2.05) is 30.3 Å². The minimum atomic E-state index is -0.255. The summed E-state index contributed by atoms with van der Waals surface area (Å²) in [5, 5.41) is 2.98. The standard InChI is InChI=1S/C20H22FN3O/c1-20(11-12-23-19(25)13-16-5-3-2-4-6-16)14-22-15-24(20)18-9-7-17(21)8-10-18/h2-10,15H,11-14H2,1H3,(H,23,25)/t20-/m1/s1. The third-order valence-corrected chi connectivity index (χ3v) is 4.51. The predicted molar refractivity (Wildman–Crippen MR) is 98.4 cm³/mol. The average molecular weight is 339 g/mol. The SMILES string of the molecule is C[C@@]1(CCNC(=O)Cc2ccccc2)CN=CN1c1ccc(F)cc1. The van der Waals surface area contributed by atoms with Crippen molar-refractivity contribution >= 4 is 17.9 Å². The average Bonchev–Trinajstić information content (AvgIpc) is 2.98. The van der Waals surface area contributed by atoms with Crippen LogP contribution in [0.4, 0.5) is 10.1 Å². The van der Waals surface area contributed by atoms with Crippen molar-refractivity contribution in [3.05, 3.63) is 66.0 Å². The van der Waals surface area contributed by atoms with Gasteiger partial charge in [0, 0.05) is 12.2 Å². The molecule has 3 rings (SSSR count). The Labute approximate surface area is 147 Å². The van der Waals surface area contributed by atoms with Crippen molar-refractivity contribution < 1.29 is 9.18 Å². The zero-order valence-electron chi connectivity index (χ0n) is 14.3. The van der Waals surface area contributed by atoms with Gasteiger partial charge in [0.1, 0.15) is 5.82 Å². The molecule has 1 heterocycles. The van der Waals surface area contributed by atoms with Crippen LogP contribution in [0.15, 0.2) is 59.6 Å². The fraction of sp³-hybridized carbons (Fsp3) is 0.300. The maximum absolute atomic E-state index is 13.1. The molecule has 5 heteroatoms. The molecule has 2 aromatic carbocycles. The van der Waals surface area contributed by atoms with Gasteiger partial charge < -0.3 is 10.2 Å². The second-order valence-electron chi connectivity index (χ2n) is 6.56. The Morgan fingerprint density at radius 1 is 1.20 bits per heavy atom. The van der Waals surface area contributed by atoms with Gasteiger partial charge in [0.05, 0.1) is 24.8 Å². The smallest absolute Gasteiger partial charge is 0.224 e. The molecule has 0 fully saturated rings. The Morgan fingerprint density at radius 3 is 2.64 bits per heavy atom. The highest BCUT2D eigenvalue weighted by Crippen LogP contribution is 2.29. The first-order valence-electron chi connectivity index (χ1n) is 8.42. The molecule has 0 radical (unpaired) electrons. The number of amides is 1. The van der Waals surface area contributed by atoms with Gasteiger partial charge in [0.15, 0.2) is 0 Å². The molecule has 2 aromatic rings. The van der Waals surface area contributed by atoms with Crippen molar-refractivity contribution in [2.24, 2.45) is 4.99 Å². The molecule has 4 nitrogen and oxygen atoms in total. The van der Waals surface area contributed by atoms with Gasteiger partial charge >= 0.3 is 0 Å². The maximum atomic E-state index is 13.1.